The molecule has 0 unspecified atom stereocenters. The van der Waals surface area contributed by atoms with Crippen LogP contribution in [-0.4, -0.2) is 18.2 Å². The second kappa shape index (κ2) is 7.57. The zero-order valence-corrected chi connectivity index (χ0v) is 17.2. The Bertz CT molecular complexity index is 350. The summed E-state index contributed by atoms with van der Waals surface area (Å²) in [6, 6.07) is 0. The minimum Gasteiger partial charge on any atom is -0.406 e. The fourth-order valence-electron chi connectivity index (χ4n) is 2.29. The third-order valence-electron chi connectivity index (χ3n) is 4.76. The van der Waals surface area contributed by atoms with Crippen LogP contribution in [0.1, 0.15) is 52.9 Å². The highest BCUT2D eigenvalue weighted by atomic mass is 35.6. The van der Waals surface area contributed by atoms with Gasteiger partial charge in [0.15, 0.2) is 8.32 Å². The largest absolute Gasteiger partial charge is 0.406 e. The number of alkyl halides is 3. The van der Waals surface area contributed by atoms with Crippen molar-refractivity contribution in [3.8, 4) is 0 Å². The molecule has 1 aliphatic carbocycles. The van der Waals surface area contributed by atoms with Crippen molar-refractivity contribution in [1.82, 2.24) is 0 Å². The van der Waals surface area contributed by atoms with E-state index in [1.165, 1.54) is 32.1 Å². The lowest BCUT2D eigenvalue weighted by Crippen LogP contribution is -2.46. The fourth-order valence-corrected chi connectivity index (χ4v) is 4.11. The molecule has 1 fully saturated rings. The summed E-state index contributed by atoms with van der Waals surface area (Å²) in [6.07, 6.45) is 10.2. The predicted octanol–water partition coefficient (Wildman–Crippen LogP) is 6.88. The van der Waals surface area contributed by atoms with Crippen LogP contribution in [-0.2, 0) is 4.43 Å². The molecule has 0 bridgehead atoms. The summed E-state index contributed by atoms with van der Waals surface area (Å²) in [4.78, 5) is 0. The molecule has 21 heavy (non-hydrogen) atoms. The first-order valence-corrected chi connectivity index (χ1v) is 11.9. The highest BCUT2D eigenvalue weighted by Gasteiger charge is 2.43. The van der Waals surface area contributed by atoms with Crippen molar-refractivity contribution in [2.24, 2.45) is 5.92 Å². The smallest absolute Gasteiger partial charge is 0.218 e. The summed E-state index contributed by atoms with van der Waals surface area (Å²) >= 11 is 18.4. The first kappa shape index (κ1) is 19.8. The van der Waals surface area contributed by atoms with Crippen LogP contribution in [0.15, 0.2) is 12.2 Å². The molecule has 1 aliphatic rings. The van der Waals surface area contributed by atoms with E-state index in [1.54, 1.807) is 0 Å². The van der Waals surface area contributed by atoms with Gasteiger partial charge in [-0.15, -0.1) is 0 Å². The summed E-state index contributed by atoms with van der Waals surface area (Å²) in [7, 11) is -1.97. The topological polar surface area (TPSA) is 9.23 Å². The number of rotatable bonds is 4. The van der Waals surface area contributed by atoms with Gasteiger partial charge in [0.2, 0.25) is 3.79 Å². The Morgan fingerprint density at radius 3 is 2.00 bits per heavy atom. The van der Waals surface area contributed by atoms with E-state index in [0.717, 1.165) is 0 Å². The summed E-state index contributed by atoms with van der Waals surface area (Å²) in [5.41, 5.74) is 0. The molecule has 0 amide bonds. The van der Waals surface area contributed by atoms with Gasteiger partial charge < -0.3 is 4.43 Å². The molecule has 0 N–H and O–H groups in total. The van der Waals surface area contributed by atoms with Crippen molar-refractivity contribution in [1.29, 1.82) is 0 Å². The van der Waals surface area contributed by atoms with Crippen LogP contribution < -0.4 is 0 Å². The maximum Gasteiger partial charge on any atom is 0.218 e. The average Bonchev–Trinajstić information content (AvgIpc) is 2.33. The second-order valence-electron chi connectivity index (χ2n) is 7.62. The Labute approximate surface area is 146 Å². The Morgan fingerprint density at radius 1 is 1.05 bits per heavy atom. The molecule has 124 valence electrons. The molecule has 0 heterocycles. The van der Waals surface area contributed by atoms with Crippen LogP contribution >= 0.6 is 34.8 Å². The lowest BCUT2D eigenvalue weighted by Gasteiger charge is -2.40. The number of halogens is 3. The van der Waals surface area contributed by atoms with Crippen molar-refractivity contribution in [3.05, 3.63) is 12.2 Å². The van der Waals surface area contributed by atoms with Gasteiger partial charge >= 0.3 is 0 Å². The van der Waals surface area contributed by atoms with E-state index in [2.05, 4.69) is 39.9 Å². The zero-order chi connectivity index (χ0) is 16.3. The Kier molecular flexibility index (Phi) is 7.15. The lowest BCUT2D eigenvalue weighted by atomic mass is 9.89. The van der Waals surface area contributed by atoms with Gasteiger partial charge in [0.1, 0.15) is 6.10 Å². The van der Waals surface area contributed by atoms with Gasteiger partial charge in [0.05, 0.1) is 0 Å². The van der Waals surface area contributed by atoms with Crippen LogP contribution in [0.2, 0.25) is 18.1 Å². The molecule has 0 aromatic carbocycles. The first-order valence-electron chi connectivity index (χ1n) is 7.86. The highest BCUT2D eigenvalue weighted by molar-refractivity contribution is 6.74. The maximum atomic E-state index is 6.31. The third kappa shape index (κ3) is 6.43. The van der Waals surface area contributed by atoms with Crippen LogP contribution in [0.3, 0.4) is 0 Å². The SMILES string of the molecule is CC(C)(C)[Si](C)(C)O[C@H](/C=C/C1CCCCC1)C(Cl)(Cl)Cl. The maximum absolute atomic E-state index is 6.31. The van der Waals surface area contributed by atoms with Crippen LogP contribution in [0.25, 0.3) is 0 Å². The molecular formula is C16H29Cl3OSi. The molecular weight excluding hydrogens is 343 g/mol. The van der Waals surface area contributed by atoms with Crippen LogP contribution in [0, 0.1) is 5.92 Å². The Hall–Kier alpha value is 0.787. The van der Waals surface area contributed by atoms with Gasteiger partial charge in [-0.25, -0.2) is 0 Å². The van der Waals surface area contributed by atoms with Crippen molar-refractivity contribution >= 4 is 43.1 Å². The molecule has 0 saturated heterocycles. The molecule has 1 nitrogen and oxygen atoms in total. The lowest BCUT2D eigenvalue weighted by molar-refractivity contribution is 0.227. The highest BCUT2D eigenvalue weighted by Crippen LogP contribution is 2.42. The van der Waals surface area contributed by atoms with Gasteiger partial charge in [0.25, 0.3) is 0 Å². The summed E-state index contributed by atoms with van der Waals surface area (Å²) in [5.74, 6) is 0.608. The fraction of sp³-hybridized carbons (Fsp3) is 0.875. The third-order valence-corrected chi connectivity index (χ3v) is 9.86. The van der Waals surface area contributed by atoms with E-state index in [9.17, 15) is 0 Å². The minimum atomic E-state index is -1.97. The predicted molar refractivity (Wildman–Crippen MR) is 98.1 cm³/mol. The molecule has 0 aromatic rings. The molecule has 0 spiro atoms. The van der Waals surface area contributed by atoms with Crippen molar-refractivity contribution in [3.63, 3.8) is 0 Å². The van der Waals surface area contributed by atoms with Gasteiger partial charge in [-0.3, -0.25) is 0 Å². The van der Waals surface area contributed by atoms with Gasteiger partial charge in [-0.1, -0.05) is 87.0 Å². The van der Waals surface area contributed by atoms with Crippen molar-refractivity contribution < 1.29 is 4.43 Å². The molecule has 1 rings (SSSR count). The van der Waals surface area contributed by atoms with Crippen LogP contribution in [0.5, 0.6) is 0 Å². The van der Waals surface area contributed by atoms with E-state index in [1.807, 2.05) is 6.08 Å². The van der Waals surface area contributed by atoms with E-state index < -0.39 is 18.2 Å². The number of allylic oxidation sites excluding steroid dienone is 1. The molecule has 1 atom stereocenters. The molecule has 0 radical (unpaired) electrons. The monoisotopic (exact) mass is 370 g/mol. The van der Waals surface area contributed by atoms with Gasteiger partial charge in [-0.2, -0.15) is 0 Å². The van der Waals surface area contributed by atoms with E-state index >= 15 is 0 Å². The molecule has 0 aliphatic heterocycles. The Balaban J connectivity index is 2.79. The van der Waals surface area contributed by atoms with E-state index in [4.69, 9.17) is 39.2 Å². The number of hydrogen-bond acceptors (Lipinski definition) is 1. The standard InChI is InChI=1S/C16H29Cl3OSi/c1-15(2,3)21(4,5)20-14(16(17,18)19)12-11-13-9-7-6-8-10-13/h11-14H,6-10H2,1-5H3/b12-11+/t14-/m1/s1. The van der Waals surface area contributed by atoms with Crippen molar-refractivity contribution in [2.45, 2.75) is 80.9 Å². The van der Waals surface area contributed by atoms with Gasteiger partial charge in [0, 0.05) is 0 Å². The quantitative estimate of drug-likeness (QED) is 0.297. The second-order valence-corrected chi connectivity index (χ2v) is 14.7. The van der Waals surface area contributed by atoms with Gasteiger partial charge in [-0.05, 0) is 36.9 Å². The van der Waals surface area contributed by atoms with E-state index in [-0.39, 0.29) is 5.04 Å². The molecule has 0 aromatic heterocycles. The Morgan fingerprint density at radius 2 is 1.57 bits per heavy atom. The van der Waals surface area contributed by atoms with Crippen LogP contribution in [0.4, 0.5) is 0 Å². The first-order chi connectivity index (χ1) is 9.43. The average molecular weight is 372 g/mol. The van der Waals surface area contributed by atoms with E-state index in [0.29, 0.717) is 5.92 Å². The molecule has 5 heteroatoms. The summed E-state index contributed by atoms with van der Waals surface area (Å²) in [6.45, 7) is 11.0. The minimum absolute atomic E-state index is 0.0971. The zero-order valence-electron chi connectivity index (χ0n) is 13.9. The summed E-state index contributed by atoms with van der Waals surface area (Å²) < 4.78 is 4.90. The summed E-state index contributed by atoms with van der Waals surface area (Å²) in [5, 5.41) is 0.0971. The molecule has 1 saturated carbocycles. The number of hydrogen-bond donors (Lipinski definition) is 0. The normalized spacial score (nSPS) is 21.0. The van der Waals surface area contributed by atoms with Crippen molar-refractivity contribution in [2.75, 3.05) is 0 Å².